The van der Waals surface area contributed by atoms with E-state index in [1.54, 1.807) is 6.92 Å². The van der Waals surface area contributed by atoms with Gasteiger partial charge in [-0.25, -0.2) is 4.72 Å². The third kappa shape index (κ3) is 6.53. The molecule has 2 N–H and O–H groups in total. The van der Waals surface area contributed by atoms with Crippen molar-refractivity contribution in [2.24, 2.45) is 5.92 Å². The van der Waals surface area contributed by atoms with Crippen molar-refractivity contribution in [1.82, 2.24) is 9.61 Å². The predicted octanol–water partition coefficient (Wildman–Crippen LogP) is 0.0179. The Morgan fingerprint density at radius 2 is 2.00 bits per heavy atom. The van der Waals surface area contributed by atoms with Gasteiger partial charge in [-0.15, -0.1) is 0 Å². The van der Waals surface area contributed by atoms with E-state index < -0.39 is 10.2 Å². The maximum atomic E-state index is 10.9. The van der Waals surface area contributed by atoms with Crippen molar-refractivity contribution in [3.63, 3.8) is 0 Å². The average molecular weight is 196 g/mol. The Balaban J connectivity index is 3.73. The molecule has 0 rings (SSSR count). The zero-order chi connectivity index (χ0) is 9.61. The van der Waals surface area contributed by atoms with Gasteiger partial charge in [-0.1, -0.05) is 18.7 Å². The Morgan fingerprint density at radius 1 is 1.42 bits per heavy atom. The zero-order valence-corrected chi connectivity index (χ0v) is 8.44. The molecule has 74 valence electrons. The van der Waals surface area contributed by atoms with E-state index in [9.17, 15) is 8.42 Å². The van der Waals surface area contributed by atoms with Gasteiger partial charge in [0.2, 0.25) is 0 Å². The summed E-state index contributed by atoms with van der Waals surface area (Å²) >= 11 is 0. The first-order valence-electron chi connectivity index (χ1n) is 3.86. The largest absolute Gasteiger partial charge is 0.299 e. The van der Waals surface area contributed by atoms with E-state index in [4.69, 9.17) is 0 Å². The van der Waals surface area contributed by atoms with Crippen LogP contribution < -0.4 is 9.61 Å². The molecule has 0 bridgehead atoms. The average Bonchev–Trinajstić information content (AvgIpc) is 1.98. The molecule has 0 aromatic rings. The fraction of sp³-hybridized carbons (Fsp3) is 1.00. The standard InChI is InChI=1S/C6H16N2O3S/c1-4-11-8-12(9,10)7-5-6(2)3/h6-8H,4-5H2,1-3H3. The van der Waals surface area contributed by atoms with Gasteiger partial charge < -0.3 is 0 Å². The van der Waals surface area contributed by atoms with Crippen LogP contribution in [-0.2, 0) is 15.0 Å². The van der Waals surface area contributed by atoms with Crippen molar-refractivity contribution >= 4 is 10.2 Å². The van der Waals surface area contributed by atoms with Gasteiger partial charge in [0.15, 0.2) is 0 Å². The predicted molar refractivity (Wildman–Crippen MR) is 46.5 cm³/mol. The highest BCUT2D eigenvalue weighted by Crippen LogP contribution is 1.88. The van der Waals surface area contributed by atoms with Crippen molar-refractivity contribution in [3.05, 3.63) is 0 Å². The number of hydrogen-bond acceptors (Lipinski definition) is 3. The molecule has 0 radical (unpaired) electrons. The molecule has 0 atom stereocenters. The van der Waals surface area contributed by atoms with Crippen LogP contribution in [0.5, 0.6) is 0 Å². The van der Waals surface area contributed by atoms with Crippen LogP contribution in [0.2, 0.25) is 0 Å². The van der Waals surface area contributed by atoms with Crippen molar-refractivity contribution in [1.29, 1.82) is 0 Å². The van der Waals surface area contributed by atoms with Gasteiger partial charge in [-0.2, -0.15) is 8.42 Å². The highest BCUT2D eigenvalue weighted by atomic mass is 32.2. The zero-order valence-electron chi connectivity index (χ0n) is 7.62. The lowest BCUT2D eigenvalue weighted by Gasteiger charge is -2.08. The van der Waals surface area contributed by atoms with Crippen LogP contribution in [0.25, 0.3) is 0 Å². The summed E-state index contributed by atoms with van der Waals surface area (Å²) in [5.74, 6) is 0.281. The lowest BCUT2D eigenvalue weighted by molar-refractivity contribution is 0.104. The molecule has 0 amide bonds. The first-order valence-corrected chi connectivity index (χ1v) is 5.34. The van der Waals surface area contributed by atoms with Crippen LogP contribution in [0.15, 0.2) is 0 Å². The van der Waals surface area contributed by atoms with Crippen molar-refractivity contribution in [3.8, 4) is 0 Å². The fourth-order valence-electron chi connectivity index (χ4n) is 0.442. The molecule has 0 saturated carbocycles. The van der Waals surface area contributed by atoms with Crippen LogP contribution in [0.1, 0.15) is 20.8 Å². The summed E-state index contributed by atoms with van der Waals surface area (Å²) in [5.41, 5.74) is 0. The van der Waals surface area contributed by atoms with E-state index in [-0.39, 0.29) is 5.92 Å². The molecule has 0 heterocycles. The summed E-state index contributed by atoms with van der Waals surface area (Å²) in [6.07, 6.45) is 0. The van der Waals surface area contributed by atoms with Crippen LogP contribution in [0, 0.1) is 5.92 Å². The quantitative estimate of drug-likeness (QED) is 0.588. The molecule has 12 heavy (non-hydrogen) atoms. The first-order chi connectivity index (χ1) is 5.48. The van der Waals surface area contributed by atoms with Gasteiger partial charge in [0.1, 0.15) is 0 Å². The Kier molecular flexibility index (Phi) is 5.39. The van der Waals surface area contributed by atoms with E-state index in [1.807, 2.05) is 18.7 Å². The van der Waals surface area contributed by atoms with Crippen molar-refractivity contribution in [2.75, 3.05) is 13.2 Å². The maximum Gasteiger partial charge on any atom is 0.299 e. The normalized spacial score (nSPS) is 12.3. The third-order valence-electron chi connectivity index (χ3n) is 0.995. The summed E-state index contributed by atoms with van der Waals surface area (Å²) in [6, 6.07) is 0. The Morgan fingerprint density at radius 3 is 2.42 bits per heavy atom. The van der Waals surface area contributed by atoms with Crippen molar-refractivity contribution < 1.29 is 13.3 Å². The SMILES string of the molecule is CCONS(=O)(=O)NCC(C)C. The Labute approximate surface area is 73.6 Å². The van der Waals surface area contributed by atoms with E-state index in [1.165, 1.54) is 0 Å². The van der Waals surface area contributed by atoms with Gasteiger partial charge in [0.25, 0.3) is 10.2 Å². The summed E-state index contributed by atoms with van der Waals surface area (Å²) in [4.78, 5) is 6.46. The molecule has 6 heteroatoms. The minimum atomic E-state index is -3.46. The molecule has 0 aromatic heterocycles. The second-order valence-corrected chi connectivity index (χ2v) is 4.22. The molecule has 0 aliphatic rings. The molecule has 0 fully saturated rings. The van der Waals surface area contributed by atoms with E-state index >= 15 is 0 Å². The molecule has 0 unspecified atom stereocenters. The molecule has 5 nitrogen and oxygen atoms in total. The highest BCUT2D eigenvalue weighted by molar-refractivity contribution is 7.87. The third-order valence-corrected chi connectivity index (χ3v) is 1.88. The van der Waals surface area contributed by atoms with Crippen LogP contribution in [0.4, 0.5) is 0 Å². The van der Waals surface area contributed by atoms with E-state index in [0.717, 1.165) is 0 Å². The lowest BCUT2D eigenvalue weighted by atomic mass is 10.2. The van der Waals surface area contributed by atoms with Crippen LogP contribution in [0.3, 0.4) is 0 Å². The number of hydrogen-bond donors (Lipinski definition) is 2. The summed E-state index contributed by atoms with van der Waals surface area (Å²) in [5, 5.41) is 0. The van der Waals surface area contributed by atoms with E-state index in [0.29, 0.717) is 13.2 Å². The van der Waals surface area contributed by atoms with Gasteiger partial charge in [-0.3, -0.25) is 4.84 Å². The number of rotatable bonds is 6. The maximum absolute atomic E-state index is 10.9. The lowest BCUT2D eigenvalue weighted by Crippen LogP contribution is -2.38. The molecule has 0 aliphatic carbocycles. The molecule has 0 spiro atoms. The monoisotopic (exact) mass is 196 g/mol. The summed E-state index contributed by atoms with van der Waals surface area (Å²) in [7, 11) is -3.46. The van der Waals surface area contributed by atoms with Crippen molar-refractivity contribution in [2.45, 2.75) is 20.8 Å². The van der Waals surface area contributed by atoms with Gasteiger partial charge in [-0.05, 0) is 12.8 Å². The second-order valence-electron chi connectivity index (χ2n) is 2.76. The van der Waals surface area contributed by atoms with Gasteiger partial charge in [0, 0.05) is 6.54 Å². The molecule has 0 aromatic carbocycles. The summed E-state index contributed by atoms with van der Waals surface area (Å²) in [6.45, 7) is 6.25. The summed E-state index contributed by atoms with van der Waals surface area (Å²) < 4.78 is 24.2. The Bertz CT molecular complexity index is 201. The first kappa shape index (κ1) is 11.8. The van der Waals surface area contributed by atoms with Gasteiger partial charge in [0.05, 0.1) is 6.61 Å². The minimum absolute atomic E-state index is 0.281. The van der Waals surface area contributed by atoms with E-state index in [2.05, 4.69) is 9.56 Å². The number of nitrogens with one attached hydrogen (secondary N) is 2. The Hall–Kier alpha value is -0.170. The highest BCUT2D eigenvalue weighted by Gasteiger charge is 2.08. The smallest absolute Gasteiger partial charge is 0.286 e. The fourth-order valence-corrected chi connectivity index (χ4v) is 1.33. The van der Waals surface area contributed by atoms with Gasteiger partial charge >= 0.3 is 0 Å². The molecular formula is C6H16N2O3S. The molecule has 0 aliphatic heterocycles. The molecular weight excluding hydrogens is 180 g/mol. The van der Waals surface area contributed by atoms with Crippen LogP contribution in [-0.4, -0.2) is 21.6 Å². The minimum Gasteiger partial charge on any atom is -0.286 e. The van der Waals surface area contributed by atoms with Crippen LogP contribution >= 0.6 is 0 Å². The topological polar surface area (TPSA) is 67.4 Å². The molecule has 0 saturated heterocycles. The second kappa shape index (κ2) is 5.47.